The van der Waals surface area contributed by atoms with Crippen molar-refractivity contribution in [3.63, 3.8) is 0 Å². The van der Waals surface area contributed by atoms with Crippen molar-refractivity contribution in [1.82, 2.24) is 19.7 Å². The molecule has 23 heavy (non-hydrogen) atoms. The van der Waals surface area contributed by atoms with Crippen LogP contribution in [-0.2, 0) is 27.3 Å². The zero-order chi connectivity index (χ0) is 16.7. The number of hydrogen-bond acceptors (Lipinski definition) is 8. The molecule has 0 saturated carbocycles. The van der Waals surface area contributed by atoms with Gasteiger partial charge in [0.15, 0.2) is 10.3 Å². The van der Waals surface area contributed by atoms with Crippen LogP contribution in [0, 0.1) is 0 Å². The van der Waals surface area contributed by atoms with Gasteiger partial charge in [0, 0.05) is 11.9 Å². The molecular weight excluding hydrogens is 338 g/mol. The largest absolute Gasteiger partial charge is 0.466 e. The highest BCUT2D eigenvalue weighted by atomic mass is 32.2. The lowest BCUT2D eigenvalue weighted by Crippen LogP contribution is -2.14. The molecule has 0 fully saturated rings. The van der Waals surface area contributed by atoms with Gasteiger partial charge in [-0.15, -0.1) is 21.5 Å². The van der Waals surface area contributed by atoms with Crippen molar-refractivity contribution in [1.29, 1.82) is 0 Å². The topological polar surface area (TPSA) is 99.0 Å². The fourth-order valence-electron chi connectivity index (χ4n) is 1.66. The van der Waals surface area contributed by atoms with E-state index in [1.165, 1.54) is 23.1 Å². The SMILES string of the molecule is CCOC(=O)Cc1csc(NC(=O)CSc2nncn2CC)n1. The molecule has 1 amide bonds. The third-order valence-electron chi connectivity index (χ3n) is 2.68. The number of aromatic nitrogens is 4. The molecule has 0 aliphatic heterocycles. The van der Waals surface area contributed by atoms with Crippen LogP contribution in [0.15, 0.2) is 16.9 Å². The monoisotopic (exact) mass is 355 g/mol. The second-order valence-corrected chi connectivity index (χ2v) is 6.16. The molecule has 2 aromatic rings. The van der Waals surface area contributed by atoms with Gasteiger partial charge in [0.1, 0.15) is 6.33 Å². The molecule has 0 bridgehead atoms. The van der Waals surface area contributed by atoms with Crippen molar-refractivity contribution >= 4 is 40.1 Å². The number of amides is 1. The Labute approximate surface area is 141 Å². The molecule has 0 aliphatic carbocycles. The zero-order valence-electron chi connectivity index (χ0n) is 12.8. The van der Waals surface area contributed by atoms with Gasteiger partial charge in [0.25, 0.3) is 0 Å². The van der Waals surface area contributed by atoms with E-state index in [9.17, 15) is 9.59 Å². The summed E-state index contributed by atoms with van der Waals surface area (Å²) in [6.45, 7) is 4.82. The van der Waals surface area contributed by atoms with E-state index in [4.69, 9.17) is 4.74 Å². The normalized spacial score (nSPS) is 10.5. The van der Waals surface area contributed by atoms with Crippen LogP contribution in [0.5, 0.6) is 0 Å². The summed E-state index contributed by atoms with van der Waals surface area (Å²) >= 11 is 2.59. The predicted molar refractivity (Wildman–Crippen MR) is 87.5 cm³/mol. The minimum absolute atomic E-state index is 0.106. The van der Waals surface area contributed by atoms with E-state index in [2.05, 4.69) is 20.5 Å². The summed E-state index contributed by atoms with van der Waals surface area (Å²) in [5.41, 5.74) is 0.585. The lowest BCUT2D eigenvalue weighted by atomic mass is 10.3. The quantitative estimate of drug-likeness (QED) is 0.567. The molecule has 0 saturated heterocycles. The Hall–Kier alpha value is -1.94. The Balaban J connectivity index is 1.81. The summed E-state index contributed by atoms with van der Waals surface area (Å²) in [4.78, 5) is 27.5. The number of aryl methyl sites for hydroxylation is 1. The van der Waals surface area contributed by atoms with E-state index in [1.54, 1.807) is 18.6 Å². The fraction of sp³-hybridized carbons (Fsp3) is 0.462. The van der Waals surface area contributed by atoms with Crippen LogP contribution in [0.4, 0.5) is 5.13 Å². The van der Waals surface area contributed by atoms with Crippen molar-refractivity contribution in [3.05, 3.63) is 17.4 Å². The number of rotatable bonds is 8. The van der Waals surface area contributed by atoms with Crippen LogP contribution in [0.2, 0.25) is 0 Å². The summed E-state index contributed by atoms with van der Waals surface area (Å²) in [5.74, 6) is -0.298. The van der Waals surface area contributed by atoms with Gasteiger partial charge < -0.3 is 14.6 Å². The lowest BCUT2D eigenvalue weighted by molar-refractivity contribution is -0.142. The minimum Gasteiger partial charge on any atom is -0.466 e. The maximum atomic E-state index is 11.9. The van der Waals surface area contributed by atoms with Gasteiger partial charge in [-0.05, 0) is 13.8 Å². The van der Waals surface area contributed by atoms with Crippen molar-refractivity contribution in [3.8, 4) is 0 Å². The smallest absolute Gasteiger partial charge is 0.311 e. The first-order valence-electron chi connectivity index (χ1n) is 7.02. The van der Waals surface area contributed by atoms with Crippen molar-refractivity contribution in [2.45, 2.75) is 32.0 Å². The van der Waals surface area contributed by atoms with E-state index < -0.39 is 0 Å². The number of ether oxygens (including phenoxy) is 1. The van der Waals surface area contributed by atoms with Crippen LogP contribution in [0.25, 0.3) is 0 Å². The summed E-state index contributed by atoms with van der Waals surface area (Å²) in [7, 11) is 0. The van der Waals surface area contributed by atoms with Crippen molar-refractivity contribution in [2.24, 2.45) is 0 Å². The molecule has 0 aromatic carbocycles. The first-order chi connectivity index (χ1) is 11.1. The highest BCUT2D eigenvalue weighted by molar-refractivity contribution is 7.99. The van der Waals surface area contributed by atoms with E-state index >= 15 is 0 Å². The molecule has 2 heterocycles. The molecule has 1 N–H and O–H groups in total. The number of thiazole rings is 1. The van der Waals surface area contributed by atoms with Crippen molar-refractivity contribution < 1.29 is 14.3 Å². The summed E-state index contributed by atoms with van der Waals surface area (Å²) < 4.78 is 6.72. The van der Waals surface area contributed by atoms with Crippen LogP contribution < -0.4 is 5.32 Å². The third-order valence-corrected chi connectivity index (χ3v) is 4.47. The first kappa shape index (κ1) is 17.4. The second kappa shape index (κ2) is 8.63. The molecule has 10 heteroatoms. The molecular formula is C13H17N5O3S2. The Morgan fingerprint density at radius 3 is 3.00 bits per heavy atom. The highest BCUT2D eigenvalue weighted by Gasteiger charge is 2.12. The van der Waals surface area contributed by atoms with E-state index in [0.29, 0.717) is 22.6 Å². The fourth-order valence-corrected chi connectivity index (χ4v) is 3.17. The van der Waals surface area contributed by atoms with Crippen molar-refractivity contribution in [2.75, 3.05) is 17.7 Å². The zero-order valence-corrected chi connectivity index (χ0v) is 14.4. The Kier molecular flexibility index (Phi) is 6.53. The summed E-state index contributed by atoms with van der Waals surface area (Å²) in [5, 5.41) is 13.4. The molecule has 2 rings (SSSR count). The van der Waals surface area contributed by atoms with Gasteiger partial charge in [0.05, 0.1) is 24.5 Å². The number of nitrogens with one attached hydrogen (secondary N) is 1. The molecule has 0 spiro atoms. The first-order valence-corrected chi connectivity index (χ1v) is 8.89. The van der Waals surface area contributed by atoms with Gasteiger partial charge in [-0.2, -0.15) is 0 Å². The average Bonchev–Trinajstić information content (AvgIpc) is 3.14. The number of anilines is 1. The number of carbonyl (C=O) groups is 2. The van der Waals surface area contributed by atoms with Gasteiger partial charge in [-0.1, -0.05) is 11.8 Å². The molecule has 0 unspecified atom stereocenters. The van der Waals surface area contributed by atoms with E-state index in [-0.39, 0.29) is 24.1 Å². The molecule has 0 radical (unpaired) electrons. The Morgan fingerprint density at radius 1 is 1.43 bits per heavy atom. The van der Waals surface area contributed by atoms with Crippen LogP contribution in [0.1, 0.15) is 19.5 Å². The van der Waals surface area contributed by atoms with Crippen LogP contribution in [0.3, 0.4) is 0 Å². The Morgan fingerprint density at radius 2 is 2.26 bits per heavy atom. The third kappa shape index (κ3) is 5.32. The Bertz CT molecular complexity index is 670. The number of carbonyl (C=O) groups excluding carboxylic acids is 2. The second-order valence-electron chi connectivity index (χ2n) is 4.36. The van der Waals surface area contributed by atoms with Gasteiger partial charge in [-0.3, -0.25) is 9.59 Å². The van der Waals surface area contributed by atoms with Gasteiger partial charge in [0.2, 0.25) is 5.91 Å². The van der Waals surface area contributed by atoms with E-state index in [1.807, 2.05) is 11.5 Å². The summed E-state index contributed by atoms with van der Waals surface area (Å²) in [6.07, 6.45) is 1.73. The lowest BCUT2D eigenvalue weighted by Gasteiger charge is -2.03. The number of nitrogens with zero attached hydrogens (tertiary/aromatic N) is 4. The minimum atomic E-state index is -0.329. The van der Waals surface area contributed by atoms with Gasteiger partial charge >= 0.3 is 5.97 Å². The molecule has 8 nitrogen and oxygen atoms in total. The maximum Gasteiger partial charge on any atom is 0.311 e. The average molecular weight is 355 g/mol. The maximum absolute atomic E-state index is 11.9. The van der Waals surface area contributed by atoms with E-state index in [0.717, 1.165) is 6.54 Å². The number of thioether (sulfide) groups is 1. The summed E-state index contributed by atoms with van der Waals surface area (Å²) in [6, 6.07) is 0. The highest BCUT2D eigenvalue weighted by Crippen LogP contribution is 2.18. The van der Waals surface area contributed by atoms with Crippen LogP contribution >= 0.6 is 23.1 Å². The number of esters is 1. The molecule has 0 aliphatic rings. The number of hydrogen-bond donors (Lipinski definition) is 1. The standard InChI is InChI=1S/C13H17N5O3S2/c1-3-18-8-14-17-13(18)23-7-10(19)16-12-15-9(6-22-12)5-11(20)21-4-2/h6,8H,3-5,7H2,1-2H3,(H,15,16,19). The van der Waals surface area contributed by atoms with Crippen LogP contribution in [-0.4, -0.2) is 44.0 Å². The molecule has 124 valence electrons. The predicted octanol–water partition coefficient (Wildman–Crippen LogP) is 1.59. The molecule has 2 aromatic heterocycles. The van der Waals surface area contributed by atoms with Gasteiger partial charge in [-0.25, -0.2) is 4.98 Å². The molecule has 0 atom stereocenters.